The van der Waals surface area contributed by atoms with Gasteiger partial charge in [-0.15, -0.1) is 0 Å². The van der Waals surface area contributed by atoms with Gasteiger partial charge in [-0.05, 0) is 56.5 Å². The number of pyridine rings is 2. The summed E-state index contributed by atoms with van der Waals surface area (Å²) < 4.78 is 16.4. The van der Waals surface area contributed by atoms with Gasteiger partial charge < -0.3 is 15.7 Å². The van der Waals surface area contributed by atoms with Gasteiger partial charge in [-0.2, -0.15) is 5.10 Å². The summed E-state index contributed by atoms with van der Waals surface area (Å²) >= 11 is 0. The Bertz CT molecular complexity index is 1230. The highest BCUT2D eigenvalue weighted by Gasteiger charge is 2.30. The van der Waals surface area contributed by atoms with Gasteiger partial charge in [-0.25, -0.2) is 8.91 Å². The quantitative estimate of drug-likeness (QED) is 0.432. The van der Waals surface area contributed by atoms with Gasteiger partial charge in [0, 0.05) is 54.1 Å². The molecule has 3 unspecified atom stereocenters. The van der Waals surface area contributed by atoms with Crippen LogP contribution in [0.25, 0.3) is 16.4 Å². The van der Waals surface area contributed by atoms with Crippen LogP contribution in [0.15, 0.2) is 60.9 Å². The lowest BCUT2D eigenvalue weighted by atomic mass is 9.88. The fourth-order valence-electron chi connectivity index (χ4n) is 4.79. The number of fused-ring (bicyclic) bond motifs is 2. The van der Waals surface area contributed by atoms with Crippen LogP contribution >= 0.6 is 0 Å². The largest absolute Gasteiger partial charge is 0.391 e. The van der Waals surface area contributed by atoms with Gasteiger partial charge in [0.05, 0.1) is 22.8 Å². The number of hydrogen-bond acceptors (Lipinski definition) is 5. The lowest BCUT2D eigenvalue weighted by molar-refractivity contribution is 0.0721. The van der Waals surface area contributed by atoms with E-state index in [2.05, 4.69) is 33.7 Å². The molecule has 1 fully saturated rings. The molecule has 0 amide bonds. The van der Waals surface area contributed by atoms with Gasteiger partial charge >= 0.3 is 0 Å². The number of hydrogen-bond donors (Lipinski definition) is 3. The lowest BCUT2D eigenvalue weighted by Gasteiger charge is -2.35. The van der Waals surface area contributed by atoms with E-state index in [1.807, 2.05) is 40.9 Å². The third-order valence-corrected chi connectivity index (χ3v) is 6.52. The smallest absolute Gasteiger partial charge is 0.129 e. The molecule has 166 valence electrons. The Morgan fingerprint density at radius 3 is 2.94 bits per heavy atom. The molecule has 1 saturated carbocycles. The third-order valence-electron chi connectivity index (χ3n) is 6.52. The summed E-state index contributed by atoms with van der Waals surface area (Å²) in [4.78, 5) is 4.20. The second kappa shape index (κ2) is 8.94. The Morgan fingerprint density at radius 1 is 1.16 bits per heavy atom. The molecule has 0 saturated heterocycles. The molecule has 0 spiro atoms. The van der Waals surface area contributed by atoms with Crippen LogP contribution in [0.5, 0.6) is 0 Å². The average Bonchev–Trinajstić information content (AvgIpc) is 3.27. The van der Waals surface area contributed by atoms with Crippen molar-refractivity contribution in [3.8, 4) is 0 Å². The van der Waals surface area contributed by atoms with Crippen molar-refractivity contribution in [1.82, 2.24) is 25.2 Å². The Labute approximate surface area is 186 Å². The molecule has 5 rings (SSSR count). The van der Waals surface area contributed by atoms with Crippen LogP contribution < -0.4 is 10.6 Å². The molecule has 3 N–H and O–H groups in total. The third kappa shape index (κ3) is 4.24. The molecule has 4 aromatic rings. The van der Waals surface area contributed by atoms with Crippen LogP contribution in [0.3, 0.4) is 0 Å². The standard InChI is InChI=1S/C25H28FN5O/c1-16(24-6-2-5-20-9-11-29-31(20)24)30-19-7-8-22(25(32)13-19)28-15-18-12-17-4-3-10-27-23(17)14-21(18)26/h2-6,9-12,14,16,19,22,25,28,30,32H,7-8,13,15H2,1H3/t16-,19?,22?,25?/m0/s1. The number of rotatable bonds is 6. The van der Waals surface area contributed by atoms with Crippen LogP contribution in [0.2, 0.25) is 0 Å². The molecule has 4 atom stereocenters. The number of halogens is 1. The Hall–Kier alpha value is -2.87. The monoisotopic (exact) mass is 433 g/mol. The molecular weight excluding hydrogens is 405 g/mol. The molecule has 0 aliphatic heterocycles. The summed E-state index contributed by atoms with van der Waals surface area (Å²) in [7, 11) is 0. The maximum Gasteiger partial charge on any atom is 0.129 e. The number of nitrogens with one attached hydrogen (secondary N) is 2. The first-order valence-corrected chi connectivity index (χ1v) is 11.2. The van der Waals surface area contributed by atoms with Crippen LogP contribution in [-0.4, -0.2) is 37.9 Å². The van der Waals surface area contributed by atoms with E-state index in [1.54, 1.807) is 12.4 Å². The van der Waals surface area contributed by atoms with Crippen LogP contribution in [0.4, 0.5) is 4.39 Å². The summed E-state index contributed by atoms with van der Waals surface area (Å²) in [5.41, 5.74) is 3.42. The molecule has 1 aliphatic rings. The molecule has 7 heteroatoms. The van der Waals surface area contributed by atoms with E-state index in [-0.39, 0.29) is 23.9 Å². The summed E-state index contributed by atoms with van der Waals surface area (Å²) in [6.45, 7) is 2.51. The van der Waals surface area contributed by atoms with E-state index in [9.17, 15) is 9.50 Å². The van der Waals surface area contributed by atoms with Crippen molar-refractivity contribution < 1.29 is 9.50 Å². The van der Waals surface area contributed by atoms with Crippen molar-refractivity contribution in [3.63, 3.8) is 0 Å². The second-order valence-electron chi connectivity index (χ2n) is 8.71. The molecule has 3 aromatic heterocycles. The van der Waals surface area contributed by atoms with Crippen molar-refractivity contribution in [2.24, 2.45) is 0 Å². The highest BCUT2D eigenvalue weighted by Crippen LogP contribution is 2.24. The molecule has 3 heterocycles. The first kappa shape index (κ1) is 21.0. The summed E-state index contributed by atoms with van der Waals surface area (Å²) in [6.07, 6.45) is 5.41. The minimum absolute atomic E-state index is 0.0538. The predicted octanol–water partition coefficient (Wildman–Crippen LogP) is 3.74. The Morgan fingerprint density at radius 2 is 2.06 bits per heavy atom. The SMILES string of the molecule is C[C@H](NC1CCC(NCc2cc3cccnc3cc2F)C(O)C1)c1cccc2ccnn12. The van der Waals surface area contributed by atoms with E-state index in [0.29, 0.717) is 24.0 Å². The highest BCUT2D eigenvalue weighted by molar-refractivity contribution is 5.79. The molecule has 1 aliphatic carbocycles. The van der Waals surface area contributed by atoms with Crippen molar-refractivity contribution in [2.75, 3.05) is 0 Å². The highest BCUT2D eigenvalue weighted by atomic mass is 19.1. The molecule has 0 radical (unpaired) electrons. The number of aromatic nitrogens is 3. The topological polar surface area (TPSA) is 74.5 Å². The van der Waals surface area contributed by atoms with Crippen molar-refractivity contribution in [2.45, 2.75) is 57.0 Å². The van der Waals surface area contributed by atoms with Crippen LogP contribution in [0, 0.1) is 5.82 Å². The molecular formula is C25H28FN5O. The van der Waals surface area contributed by atoms with Gasteiger partial charge in [0.25, 0.3) is 0 Å². The van der Waals surface area contributed by atoms with Gasteiger partial charge in [-0.1, -0.05) is 12.1 Å². The number of nitrogens with zero attached hydrogens (tertiary/aromatic N) is 3. The lowest BCUT2D eigenvalue weighted by Crippen LogP contribution is -2.49. The Kier molecular flexibility index (Phi) is 5.87. The minimum Gasteiger partial charge on any atom is -0.391 e. The van der Waals surface area contributed by atoms with Crippen molar-refractivity contribution in [3.05, 3.63) is 78.0 Å². The molecule has 32 heavy (non-hydrogen) atoms. The molecule has 1 aromatic carbocycles. The van der Waals surface area contributed by atoms with Crippen molar-refractivity contribution >= 4 is 16.4 Å². The normalized spacial score (nSPS) is 22.4. The first-order chi connectivity index (χ1) is 15.6. The zero-order chi connectivity index (χ0) is 22.1. The molecule has 6 nitrogen and oxygen atoms in total. The van der Waals surface area contributed by atoms with Crippen molar-refractivity contribution in [1.29, 1.82) is 0 Å². The average molecular weight is 434 g/mol. The van der Waals surface area contributed by atoms with E-state index >= 15 is 0 Å². The van der Waals surface area contributed by atoms with Gasteiger partial charge in [0.15, 0.2) is 0 Å². The van der Waals surface area contributed by atoms with Crippen LogP contribution in [0.1, 0.15) is 43.5 Å². The predicted molar refractivity (Wildman–Crippen MR) is 123 cm³/mol. The molecule has 0 bridgehead atoms. The fourth-order valence-corrected chi connectivity index (χ4v) is 4.79. The van der Waals surface area contributed by atoms with E-state index in [0.717, 1.165) is 29.4 Å². The van der Waals surface area contributed by atoms with Crippen LogP contribution in [-0.2, 0) is 6.54 Å². The van der Waals surface area contributed by atoms with E-state index in [4.69, 9.17) is 0 Å². The minimum atomic E-state index is -0.487. The maximum absolute atomic E-state index is 14.5. The maximum atomic E-state index is 14.5. The zero-order valence-electron chi connectivity index (χ0n) is 18.1. The Balaban J connectivity index is 1.19. The van der Waals surface area contributed by atoms with Gasteiger partial charge in [0.2, 0.25) is 0 Å². The van der Waals surface area contributed by atoms with E-state index in [1.165, 1.54) is 6.07 Å². The number of benzene rings is 1. The second-order valence-corrected chi connectivity index (χ2v) is 8.71. The zero-order valence-corrected chi connectivity index (χ0v) is 18.1. The summed E-state index contributed by atoms with van der Waals surface area (Å²) in [5.74, 6) is -0.268. The van der Waals surface area contributed by atoms with E-state index < -0.39 is 6.10 Å². The summed E-state index contributed by atoms with van der Waals surface area (Å²) in [5, 5.41) is 23.1. The summed E-state index contributed by atoms with van der Waals surface area (Å²) in [6, 6.07) is 15.5. The number of aliphatic hydroxyl groups excluding tert-OH is 1. The fraction of sp³-hybridized carbons (Fsp3) is 0.360. The number of aliphatic hydroxyl groups is 1. The van der Waals surface area contributed by atoms with Gasteiger partial charge in [0.1, 0.15) is 5.82 Å². The van der Waals surface area contributed by atoms with Gasteiger partial charge in [-0.3, -0.25) is 4.98 Å². The first-order valence-electron chi connectivity index (χ1n) is 11.2.